The van der Waals surface area contributed by atoms with Gasteiger partial charge in [-0.3, -0.25) is 4.68 Å². The van der Waals surface area contributed by atoms with Crippen molar-refractivity contribution in [1.29, 1.82) is 0 Å². The maximum atomic E-state index is 13.3. The van der Waals surface area contributed by atoms with Crippen molar-refractivity contribution in [2.75, 3.05) is 63.2 Å². The molecule has 5 rings (SSSR count). The van der Waals surface area contributed by atoms with Crippen molar-refractivity contribution < 1.29 is 9.30 Å². The zero-order valence-electron chi connectivity index (χ0n) is 26.8. The average Bonchev–Trinajstić information content (AvgIpc) is 3.42. The number of hydrogen-bond acceptors (Lipinski definition) is 9. The van der Waals surface area contributed by atoms with E-state index in [0.717, 1.165) is 59.2 Å². The number of aryl methyl sites for hydroxylation is 2. The fourth-order valence-corrected chi connectivity index (χ4v) is 7.70. The van der Waals surface area contributed by atoms with Crippen LogP contribution >= 0.6 is 18.7 Å². The minimum atomic E-state index is -2.60. The van der Waals surface area contributed by atoms with E-state index in [1.807, 2.05) is 50.1 Å². The van der Waals surface area contributed by atoms with Crippen molar-refractivity contribution in [3.63, 3.8) is 0 Å². The Kier molecular flexibility index (Phi) is 9.25. The summed E-state index contributed by atoms with van der Waals surface area (Å²) in [6.07, 6.45) is 7.62. The van der Waals surface area contributed by atoms with Crippen molar-refractivity contribution in [2.24, 2.45) is 7.05 Å². The van der Waals surface area contributed by atoms with Crippen LogP contribution in [0.5, 0.6) is 5.75 Å². The van der Waals surface area contributed by atoms with Gasteiger partial charge in [-0.15, -0.1) is 0 Å². The summed E-state index contributed by atoms with van der Waals surface area (Å²) < 4.78 is 21.0. The lowest BCUT2D eigenvalue weighted by Gasteiger charge is -2.37. The van der Waals surface area contributed by atoms with E-state index in [4.69, 9.17) is 21.3 Å². The maximum absolute atomic E-state index is 13.3. The van der Waals surface area contributed by atoms with Crippen LogP contribution in [0.15, 0.2) is 42.9 Å². The first-order valence-corrected chi connectivity index (χ1v) is 17.7. The van der Waals surface area contributed by atoms with E-state index in [-0.39, 0.29) is 0 Å². The predicted octanol–water partition coefficient (Wildman–Crippen LogP) is 6.42. The van der Waals surface area contributed by atoms with E-state index in [0.29, 0.717) is 40.0 Å². The predicted molar refractivity (Wildman–Crippen MR) is 183 cm³/mol. The van der Waals surface area contributed by atoms with Gasteiger partial charge >= 0.3 is 0 Å². The van der Waals surface area contributed by atoms with Gasteiger partial charge in [0, 0.05) is 60.6 Å². The fraction of sp³-hybridized carbons (Fsp3) is 0.406. The van der Waals surface area contributed by atoms with E-state index in [1.165, 1.54) is 0 Å². The van der Waals surface area contributed by atoms with Crippen LogP contribution in [-0.4, -0.2) is 78.3 Å². The molecule has 2 N–H and O–H groups in total. The Morgan fingerprint density at radius 1 is 1.07 bits per heavy atom. The van der Waals surface area contributed by atoms with Crippen LogP contribution in [-0.2, 0) is 11.6 Å². The number of benzene rings is 2. The maximum Gasteiger partial charge on any atom is 0.229 e. The minimum absolute atomic E-state index is 0.341. The highest BCUT2D eigenvalue weighted by molar-refractivity contribution is 7.70. The quantitative estimate of drug-likeness (QED) is 0.202. The van der Waals surface area contributed by atoms with Crippen molar-refractivity contribution in [2.45, 2.75) is 32.7 Å². The third-order valence-corrected chi connectivity index (χ3v) is 10.3. The molecule has 0 spiro atoms. The van der Waals surface area contributed by atoms with Gasteiger partial charge in [-0.25, -0.2) is 4.98 Å². The van der Waals surface area contributed by atoms with Crippen LogP contribution < -0.4 is 25.6 Å². The molecule has 4 aromatic rings. The number of hydrogen-bond donors (Lipinski definition) is 2. The van der Waals surface area contributed by atoms with E-state index >= 15 is 0 Å². The Labute approximate surface area is 265 Å². The van der Waals surface area contributed by atoms with Crippen LogP contribution in [0, 0.1) is 13.8 Å². The van der Waals surface area contributed by atoms with Gasteiger partial charge in [0.05, 0.1) is 30.9 Å². The molecule has 2 aromatic carbocycles. The highest BCUT2D eigenvalue weighted by Crippen LogP contribution is 2.43. The number of nitrogens with one attached hydrogen (secondary N) is 2. The van der Waals surface area contributed by atoms with Gasteiger partial charge in [0.1, 0.15) is 17.9 Å². The summed E-state index contributed by atoms with van der Waals surface area (Å²) in [7, 11) is 5.28. The lowest BCUT2D eigenvalue weighted by Crippen LogP contribution is -2.42. The fourth-order valence-electron chi connectivity index (χ4n) is 5.87. The molecule has 0 radical (unpaired) electrons. The number of methoxy groups -OCH3 is 1. The Morgan fingerprint density at radius 2 is 1.80 bits per heavy atom. The summed E-state index contributed by atoms with van der Waals surface area (Å²) >= 11 is 6.56. The standard InChI is InChI=1S/C32H42ClN8O2P/c1-20-9-10-26(30(21(20)2)44(7,8)42)36-31-25(33)18-34-32(38-31)37-27-15-24(22-17-35-40(5)19-22)28(16-29(27)43-6)41-13-11-23(12-14-41)39(3)4/h9-10,15-19,23H,11-14H2,1-8H3,(H2,34,36,37,38). The van der Waals surface area contributed by atoms with Crippen LogP contribution in [0.1, 0.15) is 24.0 Å². The Hall–Kier alpha value is -3.59. The second-order valence-corrected chi connectivity index (χ2v) is 15.6. The Morgan fingerprint density at radius 3 is 2.41 bits per heavy atom. The molecule has 1 fully saturated rings. The van der Waals surface area contributed by atoms with Crippen molar-refractivity contribution in [3.8, 4) is 16.9 Å². The molecule has 3 heterocycles. The lowest BCUT2D eigenvalue weighted by atomic mass is 9.99. The van der Waals surface area contributed by atoms with Crippen LogP contribution in [0.25, 0.3) is 11.1 Å². The average molecular weight is 637 g/mol. The monoisotopic (exact) mass is 636 g/mol. The van der Waals surface area contributed by atoms with E-state index in [9.17, 15) is 4.57 Å². The van der Waals surface area contributed by atoms with Gasteiger partial charge in [0.15, 0.2) is 5.82 Å². The smallest absolute Gasteiger partial charge is 0.229 e. The first-order chi connectivity index (χ1) is 20.8. The van der Waals surface area contributed by atoms with Crippen molar-refractivity contribution >= 4 is 52.9 Å². The summed E-state index contributed by atoms with van der Waals surface area (Å²) in [5.41, 5.74) is 6.64. The third-order valence-electron chi connectivity index (χ3n) is 8.35. The molecule has 10 nitrogen and oxygen atoms in total. The molecule has 0 amide bonds. The molecule has 12 heteroatoms. The van der Waals surface area contributed by atoms with E-state index in [2.05, 4.69) is 56.7 Å². The summed E-state index contributed by atoms with van der Waals surface area (Å²) in [5, 5.41) is 12.3. The molecule has 234 valence electrons. The third kappa shape index (κ3) is 6.72. The number of nitrogens with zero attached hydrogens (tertiary/aromatic N) is 6. The van der Waals surface area contributed by atoms with Crippen molar-refractivity contribution in [3.05, 3.63) is 59.0 Å². The molecular formula is C32H42ClN8O2P. The van der Waals surface area contributed by atoms with E-state index < -0.39 is 7.14 Å². The minimum Gasteiger partial charge on any atom is -0.494 e. The zero-order valence-corrected chi connectivity index (χ0v) is 28.4. The van der Waals surface area contributed by atoms with Crippen LogP contribution in [0.2, 0.25) is 5.02 Å². The molecule has 1 aliphatic heterocycles. The van der Waals surface area contributed by atoms with E-state index in [1.54, 1.807) is 26.6 Å². The number of piperidine rings is 1. The van der Waals surface area contributed by atoms with Crippen LogP contribution in [0.4, 0.5) is 28.8 Å². The Bertz CT molecular complexity index is 1710. The summed E-state index contributed by atoms with van der Waals surface area (Å²) in [6.45, 7) is 9.45. The summed E-state index contributed by atoms with van der Waals surface area (Å²) in [6, 6.07) is 8.64. The number of rotatable bonds is 9. The Balaban J connectivity index is 1.51. The second-order valence-electron chi connectivity index (χ2n) is 12.0. The van der Waals surface area contributed by atoms with Crippen LogP contribution in [0.3, 0.4) is 0 Å². The molecule has 0 unspecified atom stereocenters. The SMILES string of the molecule is COc1cc(N2CCC(N(C)C)CC2)c(-c2cnn(C)c2)cc1Nc1ncc(Cl)c(Nc2ccc(C)c(C)c2P(C)(C)=O)n1. The molecule has 0 aliphatic carbocycles. The largest absolute Gasteiger partial charge is 0.494 e. The first-order valence-electron chi connectivity index (χ1n) is 14.7. The lowest BCUT2D eigenvalue weighted by molar-refractivity contribution is 0.249. The molecule has 1 aliphatic rings. The summed E-state index contributed by atoms with van der Waals surface area (Å²) in [5.74, 6) is 1.42. The molecule has 1 saturated heterocycles. The van der Waals surface area contributed by atoms with Gasteiger partial charge in [-0.1, -0.05) is 17.7 Å². The number of anilines is 5. The molecule has 0 saturated carbocycles. The van der Waals surface area contributed by atoms with Gasteiger partial charge < -0.3 is 29.7 Å². The van der Waals surface area contributed by atoms with Gasteiger partial charge in [-0.05, 0) is 77.4 Å². The zero-order chi connectivity index (χ0) is 31.8. The highest BCUT2D eigenvalue weighted by atomic mass is 35.5. The van der Waals surface area contributed by atoms with Gasteiger partial charge in [0.25, 0.3) is 0 Å². The molecular weight excluding hydrogens is 595 g/mol. The molecule has 0 atom stereocenters. The van der Waals surface area contributed by atoms with Gasteiger partial charge in [0.2, 0.25) is 5.95 Å². The number of halogens is 1. The highest BCUT2D eigenvalue weighted by Gasteiger charge is 2.25. The molecule has 2 aromatic heterocycles. The topological polar surface area (TPSA) is 100 Å². The second kappa shape index (κ2) is 12.8. The molecule has 44 heavy (non-hydrogen) atoms. The number of aromatic nitrogens is 4. The van der Waals surface area contributed by atoms with Gasteiger partial charge in [-0.2, -0.15) is 10.1 Å². The normalized spacial score (nSPS) is 14.3. The number of ether oxygens (including phenoxy) is 1. The van der Waals surface area contributed by atoms with Crippen molar-refractivity contribution in [1.82, 2.24) is 24.6 Å². The summed E-state index contributed by atoms with van der Waals surface area (Å²) in [4.78, 5) is 13.9. The first kappa shape index (κ1) is 31.8. The molecule has 0 bridgehead atoms.